The van der Waals surface area contributed by atoms with Crippen LogP contribution in [-0.2, 0) is 27.4 Å². The highest BCUT2D eigenvalue weighted by atomic mass is 16.5. The molecule has 2 atom stereocenters. The first-order chi connectivity index (χ1) is 17.6. The zero-order chi connectivity index (χ0) is 26.7. The average Bonchev–Trinajstić information content (AvgIpc) is 3.19. The number of esters is 1. The van der Waals surface area contributed by atoms with E-state index >= 15 is 0 Å². The maximum Gasteiger partial charge on any atom is 0.326 e. The Morgan fingerprint density at radius 1 is 1.30 bits per heavy atom. The number of rotatable bonds is 9. The van der Waals surface area contributed by atoms with E-state index in [0.29, 0.717) is 12.5 Å². The summed E-state index contributed by atoms with van der Waals surface area (Å²) in [5, 5.41) is 13.3. The summed E-state index contributed by atoms with van der Waals surface area (Å²) in [5.74, 6) is 1.02. The number of hydrogen-bond acceptors (Lipinski definition) is 7. The Bertz CT molecular complexity index is 1200. The van der Waals surface area contributed by atoms with Crippen LogP contribution in [0.1, 0.15) is 51.9 Å². The van der Waals surface area contributed by atoms with Gasteiger partial charge in [-0.1, -0.05) is 12.6 Å². The van der Waals surface area contributed by atoms with Gasteiger partial charge in [-0.2, -0.15) is 0 Å². The van der Waals surface area contributed by atoms with E-state index < -0.39 is 18.1 Å². The lowest BCUT2D eigenvalue weighted by atomic mass is 9.99. The van der Waals surface area contributed by atoms with Gasteiger partial charge < -0.3 is 24.0 Å². The third-order valence-corrected chi connectivity index (χ3v) is 7.05. The molecule has 8 heteroatoms. The quantitative estimate of drug-likeness (QED) is 0.495. The molecule has 2 aromatic rings. The molecule has 37 heavy (non-hydrogen) atoms. The molecule has 0 aliphatic carbocycles. The predicted octanol–water partition coefficient (Wildman–Crippen LogP) is 4.00. The number of carbonyl (C=O) groups is 1. The fourth-order valence-corrected chi connectivity index (χ4v) is 4.90. The van der Waals surface area contributed by atoms with Crippen molar-refractivity contribution < 1.29 is 19.4 Å². The third kappa shape index (κ3) is 6.32. The number of nitrogens with zero attached hydrogens (tertiary/aromatic N) is 3. The minimum absolute atomic E-state index is 0.243. The van der Waals surface area contributed by atoms with E-state index in [0.717, 1.165) is 71.9 Å². The molecule has 0 unspecified atom stereocenters. The first kappa shape index (κ1) is 27.1. The van der Waals surface area contributed by atoms with Gasteiger partial charge >= 0.3 is 5.97 Å². The van der Waals surface area contributed by atoms with Gasteiger partial charge in [0.2, 0.25) is 0 Å². The summed E-state index contributed by atoms with van der Waals surface area (Å²) in [5.41, 5.74) is 6.11. The molecular weight excluding hydrogens is 468 g/mol. The molecule has 1 saturated heterocycles. The molecule has 0 spiro atoms. The second-order valence-corrected chi connectivity index (χ2v) is 10.5. The van der Waals surface area contributed by atoms with Crippen LogP contribution >= 0.6 is 0 Å². The summed E-state index contributed by atoms with van der Waals surface area (Å²) >= 11 is 0. The lowest BCUT2D eigenvalue weighted by Gasteiger charge is -2.26. The van der Waals surface area contributed by atoms with E-state index in [1.54, 1.807) is 20.8 Å². The lowest BCUT2D eigenvalue weighted by Crippen LogP contribution is -2.46. The number of carbonyl (C=O) groups excluding carboxylic acids is 1. The van der Waals surface area contributed by atoms with Crippen LogP contribution in [0.2, 0.25) is 0 Å². The predicted molar refractivity (Wildman–Crippen MR) is 145 cm³/mol. The van der Waals surface area contributed by atoms with Gasteiger partial charge in [0, 0.05) is 50.8 Å². The van der Waals surface area contributed by atoms with Gasteiger partial charge in [-0.15, -0.1) is 0 Å². The Morgan fingerprint density at radius 3 is 2.68 bits per heavy atom. The minimum Gasteiger partial charge on any atom is -0.462 e. The van der Waals surface area contributed by atoms with Crippen LogP contribution in [-0.4, -0.2) is 64.0 Å². The van der Waals surface area contributed by atoms with Crippen LogP contribution in [0.5, 0.6) is 0 Å². The number of benzene rings is 1. The topological polar surface area (TPSA) is 88.8 Å². The normalized spacial score (nSPS) is 18.7. The van der Waals surface area contributed by atoms with Crippen molar-refractivity contribution in [3.8, 4) is 0 Å². The highest BCUT2D eigenvalue weighted by Crippen LogP contribution is 2.31. The van der Waals surface area contributed by atoms with Crippen molar-refractivity contribution in [2.45, 2.75) is 71.9 Å². The largest absolute Gasteiger partial charge is 0.462 e. The minimum atomic E-state index is -0.875. The summed E-state index contributed by atoms with van der Waals surface area (Å²) in [6.45, 7) is 14.3. The third-order valence-electron chi connectivity index (χ3n) is 7.05. The number of nitrogens with one attached hydrogen (secondary N) is 1. The zero-order valence-electron chi connectivity index (χ0n) is 22.7. The summed E-state index contributed by atoms with van der Waals surface area (Å²) in [4.78, 5) is 19.6. The maximum atomic E-state index is 12.4. The Morgan fingerprint density at radius 2 is 2.03 bits per heavy atom. The lowest BCUT2D eigenvalue weighted by molar-refractivity contribution is -0.152. The molecule has 2 aliphatic rings. The molecule has 1 aromatic carbocycles. The number of hydrogen-bond donors (Lipinski definition) is 2. The van der Waals surface area contributed by atoms with E-state index in [1.165, 1.54) is 0 Å². The van der Waals surface area contributed by atoms with Crippen LogP contribution in [0, 0.1) is 5.92 Å². The molecule has 2 N–H and O–H groups in total. The highest BCUT2D eigenvalue weighted by Gasteiger charge is 2.26. The van der Waals surface area contributed by atoms with Crippen molar-refractivity contribution in [1.29, 1.82) is 0 Å². The van der Waals surface area contributed by atoms with Crippen LogP contribution in [0.4, 0.5) is 0 Å². The van der Waals surface area contributed by atoms with Crippen LogP contribution in [0.25, 0.3) is 16.6 Å². The standard InChI is InChI=1S/C29H40N4O4/c1-18(2)37-29(35)27(21(5)34)30-15-23-7-8-26-25(14-23)31-28(24-13-19(3)20(4)32(6)17-24)33(26)16-22-9-11-36-12-10-22/h7-8,13-14,17-18,21-22,27,30,34H,4,9-12,15-16H2,1-3,5-6H3/t21-,27+/m1/s1. The first-order valence-electron chi connectivity index (χ1n) is 13.2. The SMILES string of the molecule is C=C1C(C)=CC(c2nc3cc(CN[C@H](C(=O)OC(C)C)[C@@H](C)O)ccc3n2CC2CCOCC2)=CN1C. The van der Waals surface area contributed by atoms with E-state index in [1.807, 2.05) is 11.9 Å². The van der Waals surface area contributed by atoms with Gasteiger partial charge in [-0.3, -0.25) is 10.1 Å². The molecule has 0 saturated carbocycles. The Kier molecular flexibility index (Phi) is 8.52. The zero-order valence-corrected chi connectivity index (χ0v) is 22.7. The maximum absolute atomic E-state index is 12.4. The molecule has 200 valence electrons. The number of fused-ring (bicyclic) bond motifs is 1. The second-order valence-electron chi connectivity index (χ2n) is 10.5. The number of aliphatic hydroxyl groups excluding tert-OH is 1. The molecule has 3 heterocycles. The fourth-order valence-electron chi connectivity index (χ4n) is 4.90. The molecule has 1 aromatic heterocycles. The average molecular weight is 509 g/mol. The van der Waals surface area contributed by atoms with Gasteiger partial charge in [0.25, 0.3) is 0 Å². The second kappa shape index (κ2) is 11.6. The highest BCUT2D eigenvalue weighted by molar-refractivity contribution is 5.84. The molecule has 1 fully saturated rings. The van der Waals surface area contributed by atoms with E-state index in [4.69, 9.17) is 14.5 Å². The number of ether oxygens (including phenoxy) is 2. The van der Waals surface area contributed by atoms with Gasteiger partial charge in [-0.05, 0) is 75.8 Å². The monoisotopic (exact) mass is 508 g/mol. The van der Waals surface area contributed by atoms with E-state index in [-0.39, 0.29) is 6.10 Å². The molecular formula is C29H40N4O4. The van der Waals surface area contributed by atoms with Crippen LogP contribution in [0.15, 0.2) is 48.3 Å². The molecule has 4 rings (SSSR count). The Balaban J connectivity index is 1.64. The van der Waals surface area contributed by atoms with Crippen LogP contribution < -0.4 is 5.32 Å². The van der Waals surface area contributed by atoms with Gasteiger partial charge in [0.05, 0.1) is 23.2 Å². The smallest absolute Gasteiger partial charge is 0.326 e. The molecule has 0 bridgehead atoms. The molecule has 0 amide bonds. The van der Waals surface area contributed by atoms with Gasteiger partial charge in [-0.25, -0.2) is 4.98 Å². The Labute approximate surface area is 219 Å². The molecule has 0 radical (unpaired) electrons. The summed E-state index contributed by atoms with van der Waals surface area (Å²) in [6.07, 6.45) is 5.21. The van der Waals surface area contributed by atoms with E-state index in [9.17, 15) is 9.90 Å². The first-order valence-corrected chi connectivity index (χ1v) is 13.2. The van der Waals surface area contributed by atoms with Crippen LogP contribution in [0.3, 0.4) is 0 Å². The number of aliphatic hydroxyl groups is 1. The number of allylic oxidation sites excluding steroid dienone is 3. The molecule has 8 nitrogen and oxygen atoms in total. The number of aromatic nitrogens is 2. The Hall–Kier alpha value is -2.94. The van der Waals surface area contributed by atoms with Gasteiger partial charge in [0.15, 0.2) is 0 Å². The van der Waals surface area contributed by atoms with Crippen molar-refractivity contribution >= 4 is 22.6 Å². The van der Waals surface area contributed by atoms with E-state index in [2.05, 4.69) is 53.9 Å². The summed E-state index contributed by atoms with van der Waals surface area (Å²) in [7, 11) is 2.01. The summed E-state index contributed by atoms with van der Waals surface area (Å²) < 4.78 is 13.2. The fraction of sp³-hybridized carbons (Fsp3) is 0.517. The van der Waals surface area contributed by atoms with Crippen molar-refractivity contribution in [1.82, 2.24) is 19.8 Å². The van der Waals surface area contributed by atoms with Crippen molar-refractivity contribution in [3.05, 3.63) is 59.7 Å². The number of imidazole rings is 1. The van der Waals surface area contributed by atoms with Crippen molar-refractivity contribution in [3.63, 3.8) is 0 Å². The van der Waals surface area contributed by atoms with Crippen molar-refractivity contribution in [2.24, 2.45) is 5.92 Å². The van der Waals surface area contributed by atoms with Gasteiger partial charge in [0.1, 0.15) is 11.9 Å². The van der Waals surface area contributed by atoms with Crippen molar-refractivity contribution in [2.75, 3.05) is 20.3 Å². The summed E-state index contributed by atoms with van der Waals surface area (Å²) in [6, 6.07) is 5.42. The molecule has 2 aliphatic heterocycles. The number of likely N-dealkylation sites (N-methyl/N-ethyl adjacent to an activating group) is 1.